The van der Waals surface area contributed by atoms with Crippen LogP contribution < -0.4 is 27.8 Å². The number of aliphatic carboxylic acids is 1. The summed E-state index contributed by atoms with van der Waals surface area (Å²) in [5.74, 6) is -3.46. The molecule has 0 aliphatic rings. The lowest BCUT2D eigenvalue weighted by Gasteiger charge is -2.15. The van der Waals surface area contributed by atoms with E-state index in [0.717, 1.165) is 6.92 Å². The van der Waals surface area contributed by atoms with Gasteiger partial charge in [-0.3, -0.25) is 19.4 Å². The first kappa shape index (κ1) is 22.1. The first-order valence-electron chi connectivity index (χ1n) is 7.37. The van der Waals surface area contributed by atoms with E-state index in [-0.39, 0.29) is 5.96 Å². The fourth-order valence-corrected chi connectivity index (χ4v) is 1.57. The van der Waals surface area contributed by atoms with Crippen molar-refractivity contribution in [2.24, 2.45) is 22.2 Å². The van der Waals surface area contributed by atoms with Gasteiger partial charge in [0.15, 0.2) is 12.0 Å². The summed E-state index contributed by atoms with van der Waals surface area (Å²) in [6.45, 7) is 0.439. The maximum Gasteiger partial charge on any atom is 0.329 e. The highest BCUT2D eigenvalue weighted by Crippen LogP contribution is 1.95. The van der Waals surface area contributed by atoms with E-state index >= 15 is 0 Å². The Morgan fingerprint density at radius 2 is 1.88 bits per heavy atom. The molecule has 0 aromatic carbocycles. The number of ether oxygens (including phenoxy) is 1. The highest BCUT2D eigenvalue weighted by atomic mass is 16.5. The molecule has 2 atom stereocenters. The minimum Gasteiger partial charge on any atom is -0.480 e. The van der Waals surface area contributed by atoms with Gasteiger partial charge in [-0.2, -0.15) is 0 Å². The quantitative estimate of drug-likeness (QED) is 0.0936. The number of carbonyl (C=O) groups is 4. The van der Waals surface area contributed by atoms with E-state index in [9.17, 15) is 19.2 Å². The number of carbonyl (C=O) groups excluding carboxylic acids is 3. The molecule has 0 saturated heterocycles. The number of guanidine groups is 1. The van der Waals surface area contributed by atoms with Gasteiger partial charge in [-0.05, 0) is 12.8 Å². The van der Waals surface area contributed by atoms with Crippen LogP contribution in [0.5, 0.6) is 0 Å². The number of nitrogens with one attached hydrogen (secondary N) is 2. The molecule has 0 aliphatic carbocycles. The van der Waals surface area contributed by atoms with Crippen LogP contribution in [0.1, 0.15) is 19.8 Å². The van der Waals surface area contributed by atoms with E-state index < -0.39 is 49.0 Å². The highest BCUT2D eigenvalue weighted by molar-refractivity contribution is 5.89. The number of aliphatic imine (C=N–C) groups is 1. The van der Waals surface area contributed by atoms with E-state index in [0.29, 0.717) is 19.4 Å². The average Bonchev–Trinajstić information content (AvgIpc) is 2.52. The van der Waals surface area contributed by atoms with Crippen LogP contribution >= 0.6 is 0 Å². The molecule has 0 saturated carbocycles. The largest absolute Gasteiger partial charge is 0.480 e. The van der Waals surface area contributed by atoms with Crippen LogP contribution in [-0.4, -0.2) is 66.6 Å². The van der Waals surface area contributed by atoms with Gasteiger partial charge >= 0.3 is 11.9 Å². The zero-order chi connectivity index (χ0) is 19.4. The van der Waals surface area contributed by atoms with Crippen LogP contribution in [0.15, 0.2) is 4.99 Å². The summed E-state index contributed by atoms with van der Waals surface area (Å²) in [4.78, 5) is 48.7. The molecule has 0 aliphatic heterocycles. The second-order valence-corrected chi connectivity index (χ2v) is 5.03. The molecule has 12 heteroatoms. The molecule has 0 heterocycles. The lowest BCUT2D eigenvalue weighted by Crippen LogP contribution is -2.50. The molecule has 0 rings (SSSR count). The molecule has 0 unspecified atom stereocenters. The van der Waals surface area contributed by atoms with Crippen LogP contribution in [-0.2, 0) is 23.9 Å². The number of esters is 1. The van der Waals surface area contributed by atoms with Gasteiger partial charge in [0.25, 0.3) is 0 Å². The molecule has 9 N–H and O–H groups in total. The summed E-state index contributed by atoms with van der Waals surface area (Å²) >= 11 is 0. The van der Waals surface area contributed by atoms with E-state index in [1.165, 1.54) is 0 Å². The third kappa shape index (κ3) is 11.3. The monoisotopic (exact) mass is 360 g/mol. The Morgan fingerprint density at radius 1 is 1.24 bits per heavy atom. The lowest BCUT2D eigenvalue weighted by molar-refractivity contribution is -0.148. The van der Waals surface area contributed by atoms with Crippen molar-refractivity contribution < 1.29 is 29.0 Å². The maximum atomic E-state index is 11.7. The van der Waals surface area contributed by atoms with Crippen LogP contribution in [0.2, 0.25) is 0 Å². The molecule has 0 aromatic rings. The summed E-state index contributed by atoms with van der Waals surface area (Å²) in [6.07, 6.45) is 0.774. The van der Waals surface area contributed by atoms with Crippen molar-refractivity contribution in [2.45, 2.75) is 31.8 Å². The van der Waals surface area contributed by atoms with Crippen molar-refractivity contribution in [2.75, 3.05) is 19.7 Å². The molecule has 2 amide bonds. The zero-order valence-corrected chi connectivity index (χ0v) is 13.9. The van der Waals surface area contributed by atoms with Gasteiger partial charge in [0, 0.05) is 13.5 Å². The number of carboxylic acid groups (broad SMARTS) is 1. The molecule has 0 spiro atoms. The predicted octanol–water partition coefficient (Wildman–Crippen LogP) is -3.38. The van der Waals surface area contributed by atoms with E-state index in [4.69, 9.17) is 22.3 Å². The van der Waals surface area contributed by atoms with Gasteiger partial charge in [0.1, 0.15) is 6.61 Å². The van der Waals surface area contributed by atoms with Crippen LogP contribution in [0.25, 0.3) is 0 Å². The van der Waals surface area contributed by atoms with E-state index in [1.54, 1.807) is 0 Å². The van der Waals surface area contributed by atoms with E-state index in [1.807, 2.05) is 0 Å². The lowest BCUT2D eigenvalue weighted by atomic mass is 10.1. The van der Waals surface area contributed by atoms with Crippen molar-refractivity contribution in [3.8, 4) is 0 Å². The molecule has 0 fully saturated rings. The van der Waals surface area contributed by atoms with Gasteiger partial charge in [-0.25, -0.2) is 4.79 Å². The Hall–Kier alpha value is -2.89. The number of hydrogen-bond donors (Lipinski definition) is 6. The Morgan fingerprint density at radius 3 is 2.40 bits per heavy atom. The average molecular weight is 360 g/mol. The van der Waals surface area contributed by atoms with Crippen LogP contribution in [0.4, 0.5) is 0 Å². The number of nitrogens with zero attached hydrogens (tertiary/aromatic N) is 1. The standard InChI is InChI=1S/C13H24N6O6/c1-7(20)25-6-9(12(23)24)19-10(21)5-18-11(22)8(14)3-2-4-17-13(15)16/h8-9H,2-6,14H2,1H3,(H,18,22)(H,19,21)(H,23,24)(H4,15,16,17)/t8-,9-/m0/s1. The van der Waals surface area contributed by atoms with Gasteiger partial charge in [-0.1, -0.05) is 0 Å². The second kappa shape index (κ2) is 11.6. The fraction of sp³-hybridized carbons (Fsp3) is 0.615. The molecule has 0 radical (unpaired) electrons. The Kier molecular flexibility index (Phi) is 10.3. The van der Waals surface area contributed by atoms with Crippen molar-refractivity contribution in [3.63, 3.8) is 0 Å². The molecule has 0 aromatic heterocycles. The van der Waals surface area contributed by atoms with Crippen molar-refractivity contribution in [1.82, 2.24) is 10.6 Å². The second-order valence-electron chi connectivity index (χ2n) is 5.03. The fourth-order valence-electron chi connectivity index (χ4n) is 1.57. The first-order chi connectivity index (χ1) is 11.6. The molecule has 12 nitrogen and oxygen atoms in total. The summed E-state index contributed by atoms with van der Waals surface area (Å²) in [6, 6.07) is -2.28. The normalized spacial score (nSPS) is 12.4. The van der Waals surface area contributed by atoms with Gasteiger partial charge < -0.3 is 37.7 Å². The number of nitrogens with two attached hydrogens (primary N) is 3. The Bertz CT molecular complexity index is 519. The number of amides is 2. The van der Waals surface area contributed by atoms with Crippen molar-refractivity contribution in [1.29, 1.82) is 0 Å². The van der Waals surface area contributed by atoms with Crippen LogP contribution in [0.3, 0.4) is 0 Å². The van der Waals surface area contributed by atoms with Crippen molar-refractivity contribution in [3.05, 3.63) is 0 Å². The Labute approximate surface area is 144 Å². The maximum absolute atomic E-state index is 11.7. The van der Waals surface area contributed by atoms with Gasteiger partial charge in [0.05, 0.1) is 12.6 Å². The highest BCUT2D eigenvalue weighted by Gasteiger charge is 2.22. The van der Waals surface area contributed by atoms with Gasteiger partial charge in [0.2, 0.25) is 11.8 Å². The van der Waals surface area contributed by atoms with E-state index in [2.05, 4.69) is 20.4 Å². The summed E-state index contributed by atoms with van der Waals surface area (Å²) in [5, 5.41) is 13.3. The molecule has 0 bridgehead atoms. The molecule has 25 heavy (non-hydrogen) atoms. The zero-order valence-electron chi connectivity index (χ0n) is 13.9. The third-order valence-corrected chi connectivity index (χ3v) is 2.81. The molecular formula is C13H24N6O6. The molecule has 142 valence electrons. The number of carboxylic acids is 1. The summed E-state index contributed by atoms with van der Waals surface area (Å²) in [7, 11) is 0. The number of rotatable bonds is 11. The molecular weight excluding hydrogens is 336 g/mol. The van der Waals surface area contributed by atoms with Crippen molar-refractivity contribution >= 4 is 29.7 Å². The third-order valence-electron chi connectivity index (χ3n) is 2.81. The number of hydrogen-bond acceptors (Lipinski definition) is 7. The Balaban J connectivity index is 4.20. The minimum atomic E-state index is -1.42. The smallest absolute Gasteiger partial charge is 0.329 e. The summed E-state index contributed by atoms with van der Waals surface area (Å²) in [5.41, 5.74) is 15.9. The summed E-state index contributed by atoms with van der Waals surface area (Å²) < 4.78 is 4.53. The van der Waals surface area contributed by atoms with Crippen LogP contribution in [0, 0.1) is 0 Å². The predicted molar refractivity (Wildman–Crippen MR) is 87.1 cm³/mol. The van der Waals surface area contributed by atoms with Gasteiger partial charge in [-0.15, -0.1) is 0 Å². The first-order valence-corrected chi connectivity index (χ1v) is 7.37. The topological polar surface area (TPSA) is 212 Å². The minimum absolute atomic E-state index is 0.0589. The SMILES string of the molecule is CC(=O)OC[C@H](NC(=O)CNC(=O)[C@@H](N)CCCN=C(N)N)C(=O)O.